The van der Waals surface area contributed by atoms with Gasteiger partial charge in [-0.3, -0.25) is 4.90 Å². The normalized spacial score (nSPS) is 21.4. The molecule has 2 heterocycles. The van der Waals surface area contributed by atoms with E-state index < -0.39 is 0 Å². The van der Waals surface area contributed by atoms with Crippen LogP contribution < -0.4 is 5.73 Å². The van der Waals surface area contributed by atoms with Crippen LogP contribution in [0.2, 0.25) is 0 Å². The van der Waals surface area contributed by atoms with Gasteiger partial charge < -0.3 is 10.8 Å². The van der Waals surface area contributed by atoms with Crippen molar-refractivity contribution in [1.29, 1.82) is 0 Å². The molecule has 4 nitrogen and oxygen atoms in total. The Labute approximate surface area is 96.1 Å². The number of anilines is 1. The molecule has 1 fully saturated rings. The number of aliphatic hydroxyl groups is 1. The summed E-state index contributed by atoms with van der Waals surface area (Å²) in [6, 6.07) is 3.94. The lowest BCUT2D eigenvalue weighted by molar-refractivity contribution is 0.249. The molecule has 1 atom stereocenters. The van der Waals surface area contributed by atoms with Gasteiger partial charge in [0.1, 0.15) is 5.82 Å². The zero-order valence-electron chi connectivity index (χ0n) is 9.47. The maximum absolute atomic E-state index is 8.90. The molecule has 2 rings (SSSR count). The Morgan fingerprint density at radius 3 is 3.19 bits per heavy atom. The summed E-state index contributed by atoms with van der Waals surface area (Å²) in [4.78, 5) is 6.40. The Morgan fingerprint density at radius 1 is 1.56 bits per heavy atom. The first-order valence-electron chi connectivity index (χ1n) is 5.81. The van der Waals surface area contributed by atoms with E-state index in [1.54, 1.807) is 6.20 Å². The molecular formula is C12H19N3O. The second-order valence-corrected chi connectivity index (χ2v) is 4.49. The maximum Gasteiger partial charge on any atom is 0.123 e. The number of likely N-dealkylation sites (tertiary alicyclic amines) is 1. The molecule has 4 heteroatoms. The Morgan fingerprint density at radius 2 is 2.44 bits per heavy atom. The highest BCUT2D eigenvalue weighted by Gasteiger charge is 2.21. The van der Waals surface area contributed by atoms with Crippen molar-refractivity contribution in [1.82, 2.24) is 9.88 Å². The monoisotopic (exact) mass is 221 g/mol. The molecule has 1 saturated heterocycles. The van der Waals surface area contributed by atoms with Crippen molar-refractivity contribution in [3.63, 3.8) is 0 Å². The fraction of sp³-hybridized carbons (Fsp3) is 0.583. The molecule has 0 saturated carbocycles. The van der Waals surface area contributed by atoms with Crippen LogP contribution in [-0.2, 0) is 6.54 Å². The fourth-order valence-corrected chi connectivity index (χ4v) is 2.33. The zero-order valence-corrected chi connectivity index (χ0v) is 9.47. The van der Waals surface area contributed by atoms with Crippen LogP contribution in [0.1, 0.15) is 18.4 Å². The minimum atomic E-state index is 0.306. The Hall–Kier alpha value is -1.13. The summed E-state index contributed by atoms with van der Waals surface area (Å²) < 4.78 is 0. The van der Waals surface area contributed by atoms with Crippen LogP contribution in [0.4, 0.5) is 5.82 Å². The van der Waals surface area contributed by atoms with Crippen molar-refractivity contribution in [2.24, 2.45) is 5.92 Å². The third kappa shape index (κ3) is 2.93. The van der Waals surface area contributed by atoms with E-state index in [0.717, 1.165) is 26.1 Å². The molecule has 1 aromatic rings. The molecule has 0 amide bonds. The van der Waals surface area contributed by atoms with Gasteiger partial charge in [-0.25, -0.2) is 4.98 Å². The summed E-state index contributed by atoms with van der Waals surface area (Å²) >= 11 is 0. The van der Waals surface area contributed by atoms with Gasteiger partial charge in [0.15, 0.2) is 0 Å². The van der Waals surface area contributed by atoms with Crippen LogP contribution in [0.5, 0.6) is 0 Å². The molecule has 16 heavy (non-hydrogen) atoms. The van der Waals surface area contributed by atoms with Crippen LogP contribution >= 0.6 is 0 Å². The average Bonchev–Trinajstić information content (AvgIpc) is 2.66. The van der Waals surface area contributed by atoms with Crippen molar-refractivity contribution in [2.45, 2.75) is 19.4 Å². The van der Waals surface area contributed by atoms with Gasteiger partial charge in [-0.05, 0) is 43.0 Å². The molecule has 1 aliphatic heterocycles. The molecule has 88 valence electrons. The molecule has 0 aromatic carbocycles. The second kappa shape index (κ2) is 5.27. The summed E-state index contributed by atoms with van der Waals surface area (Å²) in [7, 11) is 0. The van der Waals surface area contributed by atoms with Gasteiger partial charge >= 0.3 is 0 Å². The molecule has 1 unspecified atom stereocenters. The summed E-state index contributed by atoms with van der Waals surface area (Å²) in [5.74, 6) is 1.24. The molecule has 0 bridgehead atoms. The predicted octanol–water partition coefficient (Wildman–Crippen LogP) is 0.868. The third-order valence-electron chi connectivity index (χ3n) is 3.16. The van der Waals surface area contributed by atoms with E-state index in [-0.39, 0.29) is 0 Å². The number of aromatic nitrogens is 1. The van der Waals surface area contributed by atoms with Gasteiger partial charge in [0.05, 0.1) is 0 Å². The van der Waals surface area contributed by atoms with Crippen molar-refractivity contribution >= 4 is 5.82 Å². The van der Waals surface area contributed by atoms with Crippen LogP contribution in [-0.4, -0.2) is 34.7 Å². The lowest BCUT2D eigenvalue weighted by Crippen LogP contribution is -2.20. The first-order valence-corrected chi connectivity index (χ1v) is 5.81. The topological polar surface area (TPSA) is 62.4 Å². The third-order valence-corrected chi connectivity index (χ3v) is 3.16. The highest BCUT2D eigenvalue weighted by Crippen LogP contribution is 2.21. The predicted molar refractivity (Wildman–Crippen MR) is 63.7 cm³/mol. The van der Waals surface area contributed by atoms with Crippen molar-refractivity contribution in [3.8, 4) is 0 Å². The Balaban J connectivity index is 1.87. The van der Waals surface area contributed by atoms with E-state index in [1.165, 1.54) is 12.0 Å². The molecule has 0 radical (unpaired) electrons. The van der Waals surface area contributed by atoms with E-state index in [0.29, 0.717) is 18.3 Å². The van der Waals surface area contributed by atoms with Gasteiger partial charge in [0.2, 0.25) is 0 Å². The van der Waals surface area contributed by atoms with Crippen LogP contribution in [0, 0.1) is 5.92 Å². The van der Waals surface area contributed by atoms with Crippen molar-refractivity contribution in [3.05, 3.63) is 23.9 Å². The number of nitrogens with zero attached hydrogens (tertiary/aromatic N) is 2. The quantitative estimate of drug-likeness (QED) is 0.792. The summed E-state index contributed by atoms with van der Waals surface area (Å²) in [5, 5.41) is 8.90. The molecular weight excluding hydrogens is 202 g/mol. The zero-order chi connectivity index (χ0) is 11.4. The van der Waals surface area contributed by atoms with Crippen LogP contribution in [0.15, 0.2) is 18.3 Å². The minimum absolute atomic E-state index is 0.306. The van der Waals surface area contributed by atoms with Crippen molar-refractivity contribution in [2.75, 3.05) is 25.4 Å². The highest BCUT2D eigenvalue weighted by atomic mass is 16.3. The number of nitrogen functional groups attached to an aromatic ring is 1. The molecule has 1 aromatic heterocycles. The lowest BCUT2D eigenvalue weighted by Gasteiger charge is -2.15. The number of pyridine rings is 1. The second-order valence-electron chi connectivity index (χ2n) is 4.49. The van der Waals surface area contributed by atoms with Gasteiger partial charge in [-0.2, -0.15) is 0 Å². The van der Waals surface area contributed by atoms with Gasteiger partial charge in [0, 0.05) is 25.9 Å². The lowest BCUT2D eigenvalue weighted by atomic mass is 10.1. The average molecular weight is 221 g/mol. The van der Waals surface area contributed by atoms with Crippen molar-refractivity contribution < 1.29 is 5.11 Å². The minimum Gasteiger partial charge on any atom is -0.396 e. The number of rotatable bonds is 4. The Kier molecular flexibility index (Phi) is 3.74. The number of hydrogen-bond acceptors (Lipinski definition) is 4. The number of nitrogens with two attached hydrogens (primary N) is 1. The SMILES string of the molecule is Nc1cc(CN2CCC(CCO)C2)ccn1. The van der Waals surface area contributed by atoms with Gasteiger partial charge in [-0.15, -0.1) is 0 Å². The number of hydrogen-bond donors (Lipinski definition) is 2. The molecule has 0 aliphatic carbocycles. The van der Waals surface area contributed by atoms with Gasteiger partial charge in [-0.1, -0.05) is 0 Å². The standard InChI is InChI=1S/C12H19N3O/c13-12-7-11(1-4-14-12)9-15-5-2-10(8-15)3-6-16/h1,4,7,10,16H,2-3,5-6,8-9H2,(H2,13,14). The summed E-state index contributed by atoms with van der Waals surface area (Å²) in [6.07, 6.45) is 3.88. The first kappa shape index (κ1) is 11.4. The first-order chi connectivity index (χ1) is 7.78. The molecule has 0 spiro atoms. The van der Waals surface area contributed by atoms with E-state index in [4.69, 9.17) is 10.8 Å². The molecule has 3 N–H and O–H groups in total. The smallest absolute Gasteiger partial charge is 0.123 e. The maximum atomic E-state index is 8.90. The summed E-state index contributed by atoms with van der Waals surface area (Å²) in [6.45, 7) is 3.45. The van der Waals surface area contributed by atoms with E-state index in [2.05, 4.69) is 9.88 Å². The van der Waals surface area contributed by atoms with E-state index >= 15 is 0 Å². The van der Waals surface area contributed by atoms with Gasteiger partial charge in [0.25, 0.3) is 0 Å². The molecule has 1 aliphatic rings. The highest BCUT2D eigenvalue weighted by molar-refractivity contribution is 5.31. The fourth-order valence-electron chi connectivity index (χ4n) is 2.33. The van der Waals surface area contributed by atoms with E-state index in [9.17, 15) is 0 Å². The summed E-state index contributed by atoms with van der Waals surface area (Å²) in [5.41, 5.74) is 6.86. The Bertz CT molecular complexity index is 343. The number of aliphatic hydroxyl groups excluding tert-OH is 1. The van der Waals surface area contributed by atoms with E-state index in [1.807, 2.05) is 12.1 Å². The van der Waals surface area contributed by atoms with Crippen LogP contribution in [0.3, 0.4) is 0 Å². The largest absolute Gasteiger partial charge is 0.396 e. The van der Waals surface area contributed by atoms with Crippen LogP contribution in [0.25, 0.3) is 0 Å².